The predicted molar refractivity (Wildman–Crippen MR) is 120 cm³/mol. The van der Waals surface area contributed by atoms with Gasteiger partial charge in [-0.15, -0.1) is 0 Å². The first-order chi connectivity index (χ1) is 14.6. The van der Waals surface area contributed by atoms with Gasteiger partial charge in [0.15, 0.2) is 11.6 Å². The van der Waals surface area contributed by atoms with Gasteiger partial charge in [-0.3, -0.25) is 4.98 Å². The highest BCUT2D eigenvalue weighted by molar-refractivity contribution is 6.33. The van der Waals surface area contributed by atoms with E-state index in [1.165, 1.54) is 0 Å². The molecule has 162 valence electrons. The molecule has 0 radical (unpaired) electrons. The van der Waals surface area contributed by atoms with Gasteiger partial charge in [0.2, 0.25) is 0 Å². The minimum absolute atomic E-state index is 0.354. The van der Waals surface area contributed by atoms with Crippen LogP contribution in [0.25, 0.3) is 11.3 Å². The maximum atomic E-state index is 6.47. The Balaban J connectivity index is 1.48. The van der Waals surface area contributed by atoms with E-state index in [0.717, 1.165) is 76.0 Å². The van der Waals surface area contributed by atoms with Crippen LogP contribution < -0.4 is 16.8 Å². The molecule has 4 rings (SSSR count). The maximum absolute atomic E-state index is 6.47. The zero-order valence-corrected chi connectivity index (χ0v) is 18.1. The summed E-state index contributed by atoms with van der Waals surface area (Å²) in [5.41, 5.74) is 14.7. The Morgan fingerprint density at radius 1 is 1.03 bits per heavy atom. The van der Waals surface area contributed by atoms with Gasteiger partial charge in [-0.1, -0.05) is 11.6 Å². The van der Waals surface area contributed by atoms with Crippen molar-refractivity contribution in [2.24, 2.45) is 17.6 Å². The lowest BCUT2D eigenvalue weighted by atomic mass is 9.83. The van der Waals surface area contributed by atoms with E-state index < -0.39 is 0 Å². The van der Waals surface area contributed by atoms with Gasteiger partial charge in [-0.25, -0.2) is 9.97 Å². The van der Waals surface area contributed by atoms with Crippen molar-refractivity contribution in [3.63, 3.8) is 0 Å². The number of aromatic nitrogens is 3. The van der Waals surface area contributed by atoms with Crippen molar-refractivity contribution in [2.75, 3.05) is 30.8 Å². The molecule has 2 aromatic heterocycles. The first-order valence-corrected chi connectivity index (χ1v) is 11.3. The van der Waals surface area contributed by atoms with Crippen molar-refractivity contribution in [3.8, 4) is 11.3 Å². The molecule has 1 aliphatic carbocycles. The molecule has 1 saturated heterocycles. The molecule has 7 nitrogen and oxygen atoms in total. The quantitative estimate of drug-likeness (QED) is 0.640. The van der Waals surface area contributed by atoms with Gasteiger partial charge < -0.3 is 21.5 Å². The molecule has 0 aromatic carbocycles. The molecule has 0 amide bonds. The third-order valence-corrected chi connectivity index (χ3v) is 6.58. The number of pyridine rings is 1. The Labute approximate surface area is 183 Å². The zero-order valence-electron chi connectivity index (χ0n) is 17.3. The van der Waals surface area contributed by atoms with Crippen LogP contribution >= 0.6 is 11.6 Å². The summed E-state index contributed by atoms with van der Waals surface area (Å²) in [6, 6.07) is 2.39. The Morgan fingerprint density at radius 3 is 2.57 bits per heavy atom. The van der Waals surface area contributed by atoms with E-state index in [-0.39, 0.29) is 0 Å². The number of nitrogens with one attached hydrogen (secondary N) is 1. The summed E-state index contributed by atoms with van der Waals surface area (Å²) in [6.45, 7) is 2.44. The molecule has 2 aromatic rings. The molecule has 0 atom stereocenters. The highest BCUT2D eigenvalue weighted by atomic mass is 35.5. The third-order valence-electron chi connectivity index (χ3n) is 6.28. The van der Waals surface area contributed by atoms with Gasteiger partial charge in [0, 0.05) is 43.3 Å². The number of hydrogen-bond donors (Lipinski definition) is 3. The highest BCUT2D eigenvalue weighted by Gasteiger charge is 2.20. The number of anilines is 2. The van der Waals surface area contributed by atoms with Gasteiger partial charge in [0.1, 0.15) is 0 Å². The van der Waals surface area contributed by atoms with Crippen molar-refractivity contribution >= 4 is 23.2 Å². The molecule has 1 saturated carbocycles. The predicted octanol–water partition coefficient (Wildman–Crippen LogP) is 3.67. The van der Waals surface area contributed by atoms with E-state index in [2.05, 4.69) is 15.3 Å². The second kappa shape index (κ2) is 9.90. The Hall–Kier alpha value is -1.96. The minimum Gasteiger partial charge on any atom is -0.381 e. The lowest BCUT2D eigenvalue weighted by molar-refractivity contribution is 0.0699. The second-order valence-corrected chi connectivity index (χ2v) is 8.97. The molecule has 0 bridgehead atoms. The highest BCUT2D eigenvalue weighted by Crippen LogP contribution is 2.31. The van der Waals surface area contributed by atoms with Crippen LogP contribution in [-0.2, 0) is 11.2 Å². The van der Waals surface area contributed by atoms with Crippen LogP contribution in [0.3, 0.4) is 0 Å². The zero-order chi connectivity index (χ0) is 20.9. The summed E-state index contributed by atoms with van der Waals surface area (Å²) in [4.78, 5) is 13.6. The van der Waals surface area contributed by atoms with Crippen LogP contribution in [-0.4, -0.2) is 40.8 Å². The van der Waals surface area contributed by atoms with Crippen LogP contribution in [0.1, 0.15) is 44.2 Å². The van der Waals surface area contributed by atoms with Crippen molar-refractivity contribution in [1.29, 1.82) is 0 Å². The summed E-state index contributed by atoms with van der Waals surface area (Å²) in [5, 5.41) is 3.94. The topological polar surface area (TPSA) is 112 Å². The van der Waals surface area contributed by atoms with Crippen molar-refractivity contribution in [2.45, 2.75) is 51.0 Å². The molecule has 5 N–H and O–H groups in total. The summed E-state index contributed by atoms with van der Waals surface area (Å²) >= 11 is 6.47. The molecule has 2 fully saturated rings. The Kier molecular flexibility index (Phi) is 7.02. The van der Waals surface area contributed by atoms with E-state index in [1.807, 2.05) is 6.07 Å². The first-order valence-electron chi connectivity index (χ1n) is 10.9. The summed E-state index contributed by atoms with van der Waals surface area (Å²) in [5.74, 6) is 2.19. The van der Waals surface area contributed by atoms with Crippen LogP contribution in [0, 0.1) is 11.8 Å². The SMILES string of the molecule is Nc1ncc(-c2cc(CC3CCC(N)CC3)ncc2Cl)nc1NCC1CCOCC1. The van der Waals surface area contributed by atoms with Crippen molar-refractivity contribution in [3.05, 3.63) is 29.2 Å². The molecule has 30 heavy (non-hydrogen) atoms. The number of halogens is 1. The molecule has 3 heterocycles. The molecular weight excluding hydrogens is 400 g/mol. The lowest BCUT2D eigenvalue weighted by Gasteiger charge is -2.25. The van der Waals surface area contributed by atoms with Gasteiger partial charge in [0.05, 0.1) is 16.9 Å². The van der Waals surface area contributed by atoms with E-state index in [0.29, 0.717) is 40.2 Å². The van der Waals surface area contributed by atoms with E-state index >= 15 is 0 Å². The first kappa shape index (κ1) is 21.3. The average molecular weight is 431 g/mol. The standard InChI is InChI=1S/C22H31ClN6O/c23-19-12-26-17(9-14-1-3-16(24)4-2-14)10-18(19)20-13-27-21(25)22(29-20)28-11-15-5-7-30-8-6-15/h10,12-16H,1-9,11,24H2,(H2,25,27)(H,28,29). The third kappa shape index (κ3) is 5.39. The maximum Gasteiger partial charge on any atom is 0.169 e. The Bertz CT molecular complexity index is 850. The van der Waals surface area contributed by atoms with E-state index in [4.69, 9.17) is 32.8 Å². The van der Waals surface area contributed by atoms with Crippen molar-refractivity contribution < 1.29 is 4.74 Å². The van der Waals surface area contributed by atoms with Crippen LogP contribution in [0.5, 0.6) is 0 Å². The van der Waals surface area contributed by atoms with Gasteiger partial charge in [0.25, 0.3) is 0 Å². The minimum atomic E-state index is 0.354. The number of nitrogen functional groups attached to an aromatic ring is 1. The van der Waals surface area contributed by atoms with Gasteiger partial charge in [-0.2, -0.15) is 0 Å². The number of hydrogen-bond acceptors (Lipinski definition) is 7. The smallest absolute Gasteiger partial charge is 0.169 e. The van der Waals surface area contributed by atoms with Crippen LogP contribution in [0.4, 0.5) is 11.6 Å². The normalized spacial score (nSPS) is 22.7. The molecule has 0 unspecified atom stereocenters. The van der Waals surface area contributed by atoms with Crippen LogP contribution in [0.2, 0.25) is 5.02 Å². The summed E-state index contributed by atoms with van der Waals surface area (Å²) in [7, 11) is 0. The molecule has 8 heteroatoms. The molecule has 1 aliphatic heterocycles. The number of nitrogens with two attached hydrogens (primary N) is 2. The molecule has 2 aliphatic rings. The van der Waals surface area contributed by atoms with Crippen molar-refractivity contribution in [1.82, 2.24) is 15.0 Å². The molecular formula is C22H31ClN6O. The number of ether oxygens (including phenoxy) is 1. The van der Waals surface area contributed by atoms with Gasteiger partial charge in [-0.05, 0) is 62.8 Å². The van der Waals surface area contributed by atoms with E-state index in [9.17, 15) is 0 Å². The Morgan fingerprint density at radius 2 is 1.80 bits per heavy atom. The largest absolute Gasteiger partial charge is 0.381 e. The number of rotatable bonds is 6. The summed E-state index contributed by atoms with van der Waals surface area (Å²) in [6.07, 6.45) is 10.9. The average Bonchev–Trinajstić information content (AvgIpc) is 2.77. The van der Waals surface area contributed by atoms with Crippen LogP contribution in [0.15, 0.2) is 18.5 Å². The second-order valence-electron chi connectivity index (χ2n) is 8.57. The monoisotopic (exact) mass is 430 g/mol. The number of nitrogens with zero attached hydrogens (tertiary/aromatic N) is 3. The fraction of sp³-hybridized carbons (Fsp3) is 0.591. The lowest BCUT2D eigenvalue weighted by Crippen LogP contribution is -2.27. The molecule has 0 spiro atoms. The fourth-order valence-electron chi connectivity index (χ4n) is 4.33. The van der Waals surface area contributed by atoms with E-state index in [1.54, 1.807) is 12.4 Å². The van der Waals surface area contributed by atoms with Gasteiger partial charge >= 0.3 is 0 Å². The fourth-order valence-corrected chi connectivity index (χ4v) is 4.53. The summed E-state index contributed by atoms with van der Waals surface area (Å²) < 4.78 is 5.43.